The molecular weight excluding hydrogens is 300 g/mol. The van der Waals surface area contributed by atoms with Crippen LogP contribution in [0.25, 0.3) is 10.8 Å². The van der Waals surface area contributed by atoms with Gasteiger partial charge in [-0.3, -0.25) is 4.98 Å². The summed E-state index contributed by atoms with van der Waals surface area (Å²) in [5.41, 5.74) is 0. The molecule has 2 aromatic heterocycles. The summed E-state index contributed by atoms with van der Waals surface area (Å²) in [6.45, 7) is 7.17. The van der Waals surface area contributed by atoms with Crippen molar-refractivity contribution in [1.82, 2.24) is 9.97 Å². The van der Waals surface area contributed by atoms with Crippen LogP contribution in [0.2, 0.25) is 0 Å². The predicted octanol–water partition coefficient (Wildman–Crippen LogP) is 3.30. The summed E-state index contributed by atoms with van der Waals surface area (Å²) in [7, 11) is 0. The van der Waals surface area contributed by atoms with Crippen LogP contribution in [-0.2, 0) is 4.74 Å². The molecule has 0 bridgehead atoms. The van der Waals surface area contributed by atoms with Gasteiger partial charge in [0.15, 0.2) is 5.90 Å². The Labute approximate surface area is 142 Å². The molecule has 0 saturated carbocycles. The van der Waals surface area contributed by atoms with Gasteiger partial charge in [0.1, 0.15) is 12.4 Å². The quantitative estimate of drug-likeness (QED) is 0.869. The van der Waals surface area contributed by atoms with Crippen molar-refractivity contribution in [3.05, 3.63) is 30.7 Å². The fraction of sp³-hybridized carbons (Fsp3) is 0.526. The van der Waals surface area contributed by atoms with Crippen LogP contribution in [0.5, 0.6) is 0 Å². The highest BCUT2D eigenvalue weighted by atomic mass is 16.5. The van der Waals surface area contributed by atoms with Crippen LogP contribution < -0.4 is 4.90 Å². The third-order valence-corrected chi connectivity index (χ3v) is 5.15. The molecule has 126 valence electrons. The maximum atomic E-state index is 5.89. The second kappa shape index (κ2) is 6.38. The molecule has 0 aliphatic carbocycles. The molecule has 0 radical (unpaired) electrons. The normalized spacial score (nSPS) is 22.0. The molecular formula is C19H24N4O. The van der Waals surface area contributed by atoms with Gasteiger partial charge < -0.3 is 9.64 Å². The molecule has 2 aromatic rings. The van der Waals surface area contributed by atoms with Crippen LogP contribution >= 0.6 is 0 Å². The lowest BCUT2D eigenvalue weighted by atomic mass is 9.96. The zero-order valence-electron chi connectivity index (χ0n) is 14.4. The Morgan fingerprint density at radius 2 is 2.00 bits per heavy atom. The lowest BCUT2D eigenvalue weighted by molar-refractivity contribution is 0.270. The molecule has 4 heterocycles. The van der Waals surface area contributed by atoms with Crippen molar-refractivity contribution in [2.75, 3.05) is 24.6 Å². The Hall–Kier alpha value is -2.17. The summed E-state index contributed by atoms with van der Waals surface area (Å²) in [5, 5.41) is 2.33. The zero-order chi connectivity index (χ0) is 16.5. The Kier molecular flexibility index (Phi) is 4.08. The summed E-state index contributed by atoms with van der Waals surface area (Å²) >= 11 is 0. The third kappa shape index (κ3) is 2.83. The second-order valence-corrected chi connectivity index (χ2v) is 7.08. The van der Waals surface area contributed by atoms with Crippen molar-refractivity contribution < 1.29 is 4.74 Å². The second-order valence-electron chi connectivity index (χ2n) is 7.08. The average Bonchev–Trinajstić information content (AvgIpc) is 3.12. The van der Waals surface area contributed by atoms with Crippen molar-refractivity contribution in [2.24, 2.45) is 16.8 Å². The van der Waals surface area contributed by atoms with Crippen LogP contribution in [0.3, 0.4) is 0 Å². The molecule has 5 nitrogen and oxygen atoms in total. The molecule has 0 unspecified atom stereocenters. The van der Waals surface area contributed by atoms with E-state index in [1.807, 2.05) is 24.7 Å². The van der Waals surface area contributed by atoms with E-state index in [1.54, 1.807) is 0 Å². The van der Waals surface area contributed by atoms with Crippen molar-refractivity contribution >= 4 is 22.5 Å². The number of aromatic nitrogens is 2. The SMILES string of the molecule is CC(C)[C@H]1COC(C2CCN(c3nccc4cnccc34)CC2)=N1. The van der Waals surface area contributed by atoms with Gasteiger partial charge >= 0.3 is 0 Å². The van der Waals surface area contributed by atoms with E-state index in [2.05, 4.69) is 34.8 Å². The van der Waals surface area contributed by atoms with Gasteiger partial charge in [-0.05, 0) is 30.9 Å². The average molecular weight is 324 g/mol. The van der Waals surface area contributed by atoms with Gasteiger partial charge in [-0.15, -0.1) is 0 Å². The van der Waals surface area contributed by atoms with E-state index in [4.69, 9.17) is 9.73 Å². The molecule has 1 saturated heterocycles. The Morgan fingerprint density at radius 1 is 1.17 bits per heavy atom. The zero-order valence-corrected chi connectivity index (χ0v) is 14.4. The van der Waals surface area contributed by atoms with Crippen molar-refractivity contribution in [3.8, 4) is 0 Å². The van der Waals surface area contributed by atoms with Gasteiger partial charge in [0.2, 0.25) is 0 Å². The van der Waals surface area contributed by atoms with Gasteiger partial charge in [0.05, 0.1) is 6.04 Å². The number of pyridine rings is 2. The lowest BCUT2D eigenvalue weighted by Crippen LogP contribution is -2.37. The molecule has 4 rings (SSSR count). The van der Waals surface area contributed by atoms with E-state index in [1.165, 1.54) is 5.39 Å². The number of hydrogen-bond acceptors (Lipinski definition) is 5. The summed E-state index contributed by atoms with van der Waals surface area (Å²) in [6.07, 6.45) is 7.77. The number of aliphatic imine (C=N–C) groups is 1. The smallest absolute Gasteiger partial charge is 0.187 e. The number of piperidine rings is 1. The highest BCUT2D eigenvalue weighted by molar-refractivity contribution is 5.91. The molecule has 24 heavy (non-hydrogen) atoms. The van der Waals surface area contributed by atoms with Crippen molar-refractivity contribution in [1.29, 1.82) is 0 Å². The molecule has 1 atom stereocenters. The monoisotopic (exact) mass is 324 g/mol. The maximum Gasteiger partial charge on any atom is 0.187 e. The van der Waals surface area contributed by atoms with Crippen molar-refractivity contribution in [2.45, 2.75) is 32.7 Å². The van der Waals surface area contributed by atoms with Crippen molar-refractivity contribution in [3.63, 3.8) is 0 Å². The van der Waals surface area contributed by atoms with E-state index in [9.17, 15) is 0 Å². The van der Waals surface area contributed by atoms with E-state index in [-0.39, 0.29) is 0 Å². The first-order valence-electron chi connectivity index (χ1n) is 8.86. The minimum absolute atomic E-state index is 0.338. The largest absolute Gasteiger partial charge is 0.478 e. The number of anilines is 1. The standard InChI is InChI=1S/C19H24N4O/c1-13(2)17-12-24-19(22-17)14-5-9-23(10-6-14)18-16-4-7-20-11-15(16)3-8-21-18/h3-4,7-8,11,13-14,17H,5-6,9-10,12H2,1-2H3/t17-/m1/s1. The first-order valence-corrected chi connectivity index (χ1v) is 8.86. The molecule has 5 heteroatoms. The molecule has 2 aliphatic heterocycles. The molecule has 0 aromatic carbocycles. The van der Waals surface area contributed by atoms with Crippen LogP contribution in [0.15, 0.2) is 35.7 Å². The number of fused-ring (bicyclic) bond motifs is 1. The number of ether oxygens (including phenoxy) is 1. The summed E-state index contributed by atoms with van der Waals surface area (Å²) in [4.78, 5) is 16.0. The van der Waals surface area contributed by atoms with Gasteiger partial charge in [-0.1, -0.05) is 13.8 Å². The maximum absolute atomic E-state index is 5.89. The number of hydrogen-bond donors (Lipinski definition) is 0. The van der Waals surface area contributed by atoms with Crippen LogP contribution in [0.4, 0.5) is 5.82 Å². The first-order chi connectivity index (χ1) is 11.7. The van der Waals surface area contributed by atoms with Gasteiger partial charge in [0, 0.05) is 48.4 Å². The number of rotatable bonds is 3. The van der Waals surface area contributed by atoms with Crippen LogP contribution in [-0.4, -0.2) is 41.6 Å². The predicted molar refractivity (Wildman–Crippen MR) is 96.5 cm³/mol. The van der Waals surface area contributed by atoms with Gasteiger partial charge in [0.25, 0.3) is 0 Å². The van der Waals surface area contributed by atoms with Gasteiger partial charge in [-0.2, -0.15) is 0 Å². The fourth-order valence-corrected chi connectivity index (χ4v) is 3.56. The summed E-state index contributed by atoms with van der Waals surface area (Å²) in [6, 6.07) is 4.41. The van der Waals surface area contributed by atoms with E-state index < -0.39 is 0 Å². The summed E-state index contributed by atoms with van der Waals surface area (Å²) < 4.78 is 5.89. The molecule has 0 N–H and O–H groups in total. The Morgan fingerprint density at radius 3 is 2.75 bits per heavy atom. The highest BCUT2D eigenvalue weighted by Crippen LogP contribution is 2.30. The molecule has 0 spiro atoms. The minimum Gasteiger partial charge on any atom is -0.478 e. The third-order valence-electron chi connectivity index (χ3n) is 5.15. The van der Waals surface area contributed by atoms with E-state index in [0.29, 0.717) is 17.9 Å². The Bertz CT molecular complexity index is 745. The van der Waals surface area contributed by atoms with E-state index in [0.717, 1.165) is 49.6 Å². The highest BCUT2D eigenvalue weighted by Gasteiger charge is 2.30. The topological polar surface area (TPSA) is 50.6 Å². The minimum atomic E-state index is 0.338. The van der Waals surface area contributed by atoms with Gasteiger partial charge in [-0.25, -0.2) is 9.98 Å². The Balaban J connectivity index is 1.47. The molecule has 2 aliphatic rings. The summed E-state index contributed by atoms with van der Waals surface area (Å²) in [5.74, 6) is 3.07. The molecule has 1 fully saturated rings. The lowest BCUT2D eigenvalue weighted by Gasteiger charge is -2.32. The molecule has 0 amide bonds. The first kappa shape index (κ1) is 15.4. The number of nitrogens with zero attached hydrogens (tertiary/aromatic N) is 4. The van der Waals surface area contributed by atoms with E-state index >= 15 is 0 Å². The van der Waals surface area contributed by atoms with Crippen LogP contribution in [0, 0.1) is 11.8 Å². The fourth-order valence-electron chi connectivity index (χ4n) is 3.56. The van der Waals surface area contributed by atoms with Crippen LogP contribution in [0.1, 0.15) is 26.7 Å².